The van der Waals surface area contributed by atoms with Gasteiger partial charge in [0, 0.05) is 6.20 Å². The Morgan fingerprint density at radius 3 is 2.33 bits per heavy atom. The van der Waals surface area contributed by atoms with E-state index in [0.29, 0.717) is 0 Å². The van der Waals surface area contributed by atoms with Crippen LogP contribution in [0.25, 0.3) is 0 Å². The zero-order chi connectivity index (χ0) is 15.2. The van der Waals surface area contributed by atoms with E-state index < -0.39 is 0 Å². The van der Waals surface area contributed by atoms with Crippen LogP contribution in [0.3, 0.4) is 0 Å². The first-order chi connectivity index (χ1) is 10.1. The molecule has 4 nitrogen and oxygen atoms in total. The number of halogens is 1. The number of pyridine rings is 1. The Labute approximate surface area is 123 Å². The molecule has 0 aliphatic heterocycles. The number of aromatic nitrogens is 1. The van der Waals surface area contributed by atoms with Gasteiger partial charge in [-0.05, 0) is 43.7 Å². The average Bonchev–Trinajstić information content (AvgIpc) is 2.48. The second kappa shape index (κ2) is 6.83. The fourth-order valence-corrected chi connectivity index (χ4v) is 1.98. The maximum atomic E-state index is 12.9. The normalized spacial score (nSPS) is 13.3. The van der Waals surface area contributed by atoms with Crippen molar-refractivity contribution >= 4 is 6.03 Å². The first-order valence-electron chi connectivity index (χ1n) is 6.79. The summed E-state index contributed by atoms with van der Waals surface area (Å²) in [6.07, 6.45) is 1.69. The highest BCUT2D eigenvalue weighted by atomic mass is 19.1. The fraction of sp³-hybridized carbons (Fsp3) is 0.250. The molecule has 1 heterocycles. The molecule has 21 heavy (non-hydrogen) atoms. The molecular formula is C16H18FN3O. The van der Waals surface area contributed by atoms with E-state index >= 15 is 0 Å². The predicted molar refractivity (Wildman–Crippen MR) is 79.1 cm³/mol. The minimum absolute atomic E-state index is 0.188. The first-order valence-corrected chi connectivity index (χ1v) is 6.79. The van der Waals surface area contributed by atoms with Crippen molar-refractivity contribution in [1.29, 1.82) is 0 Å². The standard InChI is InChI=1S/C16H18FN3O/c1-11(13-6-8-14(17)9-7-13)19-16(21)20-12(2)15-5-3-4-10-18-15/h3-12H,1-2H3,(H2,19,20,21)/t11-,12-/m1/s1. The van der Waals surface area contributed by atoms with Gasteiger partial charge in [-0.1, -0.05) is 18.2 Å². The molecule has 0 spiro atoms. The molecule has 0 fully saturated rings. The van der Waals surface area contributed by atoms with Crippen LogP contribution in [0.5, 0.6) is 0 Å². The van der Waals surface area contributed by atoms with Crippen molar-refractivity contribution in [2.45, 2.75) is 25.9 Å². The van der Waals surface area contributed by atoms with Gasteiger partial charge in [-0.15, -0.1) is 0 Å². The molecule has 0 saturated heterocycles. The van der Waals surface area contributed by atoms with Gasteiger partial charge < -0.3 is 10.6 Å². The van der Waals surface area contributed by atoms with E-state index in [1.807, 2.05) is 32.0 Å². The fourth-order valence-electron chi connectivity index (χ4n) is 1.98. The molecule has 1 aromatic carbocycles. The molecule has 2 N–H and O–H groups in total. The number of nitrogens with zero attached hydrogens (tertiary/aromatic N) is 1. The van der Waals surface area contributed by atoms with Crippen LogP contribution in [0.2, 0.25) is 0 Å². The zero-order valence-corrected chi connectivity index (χ0v) is 12.0. The summed E-state index contributed by atoms with van der Waals surface area (Å²) < 4.78 is 12.9. The summed E-state index contributed by atoms with van der Waals surface area (Å²) >= 11 is 0. The van der Waals surface area contributed by atoms with Crippen LogP contribution in [0, 0.1) is 5.82 Å². The third kappa shape index (κ3) is 4.27. The summed E-state index contributed by atoms with van der Waals surface area (Å²) in [5, 5.41) is 5.64. The molecule has 0 aliphatic carbocycles. The van der Waals surface area contributed by atoms with Gasteiger partial charge in [0.2, 0.25) is 0 Å². The molecule has 0 bridgehead atoms. The minimum Gasteiger partial charge on any atom is -0.332 e. The lowest BCUT2D eigenvalue weighted by Crippen LogP contribution is -2.38. The summed E-state index contributed by atoms with van der Waals surface area (Å²) in [5.74, 6) is -0.292. The van der Waals surface area contributed by atoms with Crippen molar-refractivity contribution in [3.8, 4) is 0 Å². The number of hydrogen-bond acceptors (Lipinski definition) is 2. The number of hydrogen-bond donors (Lipinski definition) is 2. The first kappa shape index (κ1) is 15.0. The third-order valence-corrected chi connectivity index (χ3v) is 3.20. The predicted octanol–water partition coefficient (Wildman–Crippen LogP) is 3.34. The summed E-state index contributed by atoms with van der Waals surface area (Å²) in [6, 6.07) is 10.9. The lowest BCUT2D eigenvalue weighted by Gasteiger charge is -2.18. The minimum atomic E-state index is -0.292. The highest BCUT2D eigenvalue weighted by molar-refractivity contribution is 5.74. The van der Waals surface area contributed by atoms with Crippen molar-refractivity contribution in [1.82, 2.24) is 15.6 Å². The van der Waals surface area contributed by atoms with Crippen LogP contribution >= 0.6 is 0 Å². The van der Waals surface area contributed by atoms with Gasteiger partial charge in [-0.3, -0.25) is 4.98 Å². The van der Waals surface area contributed by atoms with E-state index in [9.17, 15) is 9.18 Å². The average molecular weight is 287 g/mol. The monoisotopic (exact) mass is 287 g/mol. The number of nitrogens with one attached hydrogen (secondary N) is 2. The highest BCUT2D eigenvalue weighted by Crippen LogP contribution is 2.13. The molecule has 2 rings (SSSR count). The maximum absolute atomic E-state index is 12.9. The van der Waals surface area contributed by atoms with Gasteiger partial charge in [0.25, 0.3) is 0 Å². The highest BCUT2D eigenvalue weighted by Gasteiger charge is 2.13. The van der Waals surface area contributed by atoms with Crippen LogP contribution in [0.15, 0.2) is 48.7 Å². The van der Waals surface area contributed by atoms with Crippen molar-refractivity contribution < 1.29 is 9.18 Å². The van der Waals surface area contributed by atoms with E-state index in [1.54, 1.807) is 18.3 Å². The van der Waals surface area contributed by atoms with E-state index in [0.717, 1.165) is 11.3 Å². The van der Waals surface area contributed by atoms with E-state index in [-0.39, 0.29) is 23.9 Å². The molecule has 1 aromatic heterocycles. The summed E-state index contributed by atoms with van der Waals surface area (Å²) in [4.78, 5) is 16.1. The largest absolute Gasteiger partial charge is 0.332 e. The Morgan fingerprint density at radius 1 is 1.05 bits per heavy atom. The Balaban J connectivity index is 1.91. The zero-order valence-electron chi connectivity index (χ0n) is 12.0. The second-order valence-corrected chi connectivity index (χ2v) is 4.87. The molecule has 0 unspecified atom stereocenters. The van der Waals surface area contributed by atoms with Crippen LogP contribution in [-0.2, 0) is 0 Å². The third-order valence-electron chi connectivity index (χ3n) is 3.20. The molecule has 0 saturated carbocycles. The van der Waals surface area contributed by atoms with E-state index in [2.05, 4.69) is 15.6 Å². The maximum Gasteiger partial charge on any atom is 0.315 e. The van der Waals surface area contributed by atoms with Gasteiger partial charge in [0.1, 0.15) is 5.82 Å². The molecule has 0 aliphatic rings. The molecule has 110 valence electrons. The van der Waals surface area contributed by atoms with Gasteiger partial charge >= 0.3 is 6.03 Å². The molecule has 0 radical (unpaired) electrons. The van der Waals surface area contributed by atoms with Crippen LogP contribution in [0.4, 0.5) is 9.18 Å². The molecular weight excluding hydrogens is 269 g/mol. The Bertz CT molecular complexity index is 586. The SMILES string of the molecule is C[C@@H](NC(=O)N[C@H](C)c1ccccn1)c1ccc(F)cc1. The molecule has 2 atom stereocenters. The van der Waals surface area contributed by atoms with Gasteiger partial charge in [-0.25, -0.2) is 9.18 Å². The second-order valence-electron chi connectivity index (χ2n) is 4.87. The van der Waals surface area contributed by atoms with E-state index in [4.69, 9.17) is 0 Å². The Morgan fingerprint density at radius 2 is 1.71 bits per heavy atom. The topological polar surface area (TPSA) is 54.0 Å². The summed E-state index contributed by atoms with van der Waals surface area (Å²) in [5.41, 5.74) is 1.64. The van der Waals surface area contributed by atoms with Gasteiger partial charge in [0.15, 0.2) is 0 Å². The van der Waals surface area contributed by atoms with Crippen molar-refractivity contribution in [3.63, 3.8) is 0 Å². The van der Waals surface area contributed by atoms with Crippen LogP contribution < -0.4 is 10.6 Å². The number of rotatable bonds is 4. The van der Waals surface area contributed by atoms with E-state index in [1.165, 1.54) is 12.1 Å². The molecule has 5 heteroatoms. The molecule has 2 amide bonds. The quantitative estimate of drug-likeness (QED) is 0.906. The smallest absolute Gasteiger partial charge is 0.315 e. The summed E-state index contributed by atoms with van der Waals surface area (Å²) in [7, 11) is 0. The Kier molecular flexibility index (Phi) is 4.87. The lowest BCUT2D eigenvalue weighted by atomic mass is 10.1. The van der Waals surface area contributed by atoms with Gasteiger partial charge in [0.05, 0.1) is 17.8 Å². The molecule has 2 aromatic rings. The summed E-state index contributed by atoms with van der Waals surface area (Å²) in [6.45, 7) is 3.71. The van der Waals surface area contributed by atoms with Crippen molar-refractivity contribution in [3.05, 3.63) is 65.7 Å². The van der Waals surface area contributed by atoms with Crippen molar-refractivity contribution in [2.75, 3.05) is 0 Å². The van der Waals surface area contributed by atoms with Crippen molar-refractivity contribution in [2.24, 2.45) is 0 Å². The number of carbonyl (C=O) groups is 1. The van der Waals surface area contributed by atoms with Gasteiger partial charge in [-0.2, -0.15) is 0 Å². The number of amides is 2. The number of urea groups is 1. The Hall–Kier alpha value is -2.43. The lowest BCUT2D eigenvalue weighted by molar-refractivity contribution is 0.234. The number of carbonyl (C=O) groups excluding carboxylic acids is 1. The number of benzene rings is 1. The van der Waals surface area contributed by atoms with Crippen LogP contribution in [-0.4, -0.2) is 11.0 Å². The van der Waals surface area contributed by atoms with Crippen LogP contribution in [0.1, 0.15) is 37.2 Å².